The van der Waals surface area contributed by atoms with Gasteiger partial charge in [0.1, 0.15) is 5.75 Å². The van der Waals surface area contributed by atoms with Crippen molar-refractivity contribution in [3.63, 3.8) is 0 Å². The molecule has 0 fully saturated rings. The van der Waals surface area contributed by atoms with E-state index >= 15 is 0 Å². The third-order valence-corrected chi connectivity index (χ3v) is 3.19. The van der Waals surface area contributed by atoms with Crippen molar-refractivity contribution in [1.29, 1.82) is 0 Å². The normalized spacial score (nSPS) is 12.8. The van der Waals surface area contributed by atoms with Gasteiger partial charge in [-0.15, -0.1) is 0 Å². The van der Waals surface area contributed by atoms with Gasteiger partial charge in [-0.2, -0.15) is 0 Å². The SMILES string of the molecule is CCCC(O)c1cc(OCC(C)C)ccc1Br. The Bertz CT molecular complexity index is 350. The van der Waals surface area contributed by atoms with Crippen LogP contribution in [-0.2, 0) is 0 Å². The Hall–Kier alpha value is -0.540. The average molecular weight is 301 g/mol. The molecule has 0 heterocycles. The number of aliphatic hydroxyl groups excluding tert-OH is 1. The van der Waals surface area contributed by atoms with Gasteiger partial charge in [0.25, 0.3) is 0 Å². The summed E-state index contributed by atoms with van der Waals surface area (Å²) >= 11 is 3.47. The first-order valence-electron chi connectivity index (χ1n) is 6.14. The molecular formula is C14H21BrO2. The Kier molecular flexibility index (Phi) is 6.00. The van der Waals surface area contributed by atoms with Crippen LogP contribution in [0.4, 0.5) is 0 Å². The summed E-state index contributed by atoms with van der Waals surface area (Å²) in [6.07, 6.45) is 1.31. The zero-order valence-corrected chi connectivity index (χ0v) is 12.3. The summed E-state index contributed by atoms with van der Waals surface area (Å²) < 4.78 is 6.60. The summed E-state index contributed by atoms with van der Waals surface area (Å²) in [4.78, 5) is 0. The monoisotopic (exact) mass is 300 g/mol. The molecular weight excluding hydrogens is 280 g/mol. The van der Waals surface area contributed by atoms with E-state index in [1.807, 2.05) is 18.2 Å². The second-order valence-electron chi connectivity index (χ2n) is 4.69. The fourth-order valence-corrected chi connectivity index (χ4v) is 2.07. The summed E-state index contributed by atoms with van der Waals surface area (Å²) in [5, 5.41) is 10.0. The van der Waals surface area contributed by atoms with E-state index in [0.29, 0.717) is 12.5 Å². The van der Waals surface area contributed by atoms with Gasteiger partial charge in [0.2, 0.25) is 0 Å². The molecule has 1 atom stereocenters. The summed E-state index contributed by atoms with van der Waals surface area (Å²) in [6, 6.07) is 5.78. The van der Waals surface area contributed by atoms with Crippen molar-refractivity contribution in [3.05, 3.63) is 28.2 Å². The van der Waals surface area contributed by atoms with E-state index in [9.17, 15) is 5.11 Å². The first-order chi connectivity index (χ1) is 8.04. The fraction of sp³-hybridized carbons (Fsp3) is 0.571. The largest absolute Gasteiger partial charge is 0.493 e. The van der Waals surface area contributed by atoms with Gasteiger partial charge in [0.05, 0.1) is 12.7 Å². The van der Waals surface area contributed by atoms with Crippen LogP contribution in [0.5, 0.6) is 5.75 Å². The topological polar surface area (TPSA) is 29.5 Å². The van der Waals surface area contributed by atoms with Gasteiger partial charge >= 0.3 is 0 Å². The molecule has 1 aromatic rings. The number of hydrogen-bond donors (Lipinski definition) is 1. The molecule has 1 rings (SSSR count). The van der Waals surface area contributed by atoms with E-state index < -0.39 is 6.10 Å². The van der Waals surface area contributed by atoms with E-state index in [1.54, 1.807) is 0 Å². The highest BCUT2D eigenvalue weighted by Crippen LogP contribution is 2.30. The second kappa shape index (κ2) is 7.02. The zero-order chi connectivity index (χ0) is 12.8. The number of benzene rings is 1. The smallest absolute Gasteiger partial charge is 0.119 e. The van der Waals surface area contributed by atoms with E-state index in [0.717, 1.165) is 28.6 Å². The summed E-state index contributed by atoms with van der Waals surface area (Å²) in [5.74, 6) is 1.33. The molecule has 0 aromatic heterocycles. The lowest BCUT2D eigenvalue weighted by atomic mass is 10.1. The molecule has 2 nitrogen and oxygen atoms in total. The number of rotatable bonds is 6. The number of ether oxygens (including phenoxy) is 1. The molecule has 1 aromatic carbocycles. The number of aliphatic hydroxyl groups is 1. The number of hydrogen-bond acceptors (Lipinski definition) is 2. The Labute approximate surface area is 112 Å². The Morgan fingerprint density at radius 1 is 1.35 bits per heavy atom. The van der Waals surface area contributed by atoms with Crippen LogP contribution in [0.15, 0.2) is 22.7 Å². The molecule has 0 saturated heterocycles. The maximum atomic E-state index is 10.0. The second-order valence-corrected chi connectivity index (χ2v) is 5.55. The molecule has 96 valence electrons. The predicted octanol–water partition coefficient (Wildman–Crippen LogP) is 4.32. The Morgan fingerprint density at radius 3 is 2.65 bits per heavy atom. The van der Waals surface area contributed by atoms with E-state index in [1.165, 1.54) is 0 Å². The number of halogens is 1. The molecule has 0 amide bonds. The lowest BCUT2D eigenvalue weighted by Crippen LogP contribution is -2.05. The highest BCUT2D eigenvalue weighted by molar-refractivity contribution is 9.10. The lowest BCUT2D eigenvalue weighted by molar-refractivity contribution is 0.165. The van der Waals surface area contributed by atoms with Crippen molar-refractivity contribution in [3.8, 4) is 5.75 Å². The molecule has 3 heteroatoms. The van der Waals surface area contributed by atoms with Crippen LogP contribution in [0.25, 0.3) is 0 Å². The molecule has 0 saturated carbocycles. The Morgan fingerprint density at radius 2 is 2.06 bits per heavy atom. The Balaban J connectivity index is 2.78. The minimum absolute atomic E-state index is 0.419. The molecule has 0 radical (unpaired) electrons. The molecule has 0 bridgehead atoms. The first kappa shape index (κ1) is 14.5. The quantitative estimate of drug-likeness (QED) is 0.848. The highest BCUT2D eigenvalue weighted by Gasteiger charge is 2.11. The molecule has 0 aliphatic heterocycles. The fourth-order valence-electron chi connectivity index (χ4n) is 1.56. The highest BCUT2D eigenvalue weighted by atomic mass is 79.9. The van der Waals surface area contributed by atoms with Gasteiger partial charge in [0, 0.05) is 4.47 Å². The van der Waals surface area contributed by atoms with Crippen molar-refractivity contribution in [1.82, 2.24) is 0 Å². The third kappa shape index (κ3) is 4.68. The van der Waals surface area contributed by atoms with Gasteiger partial charge < -0.3 is 9.84 Å². The van der Waals surface area contributed by atoms with Crippen molar-refractivity contribution in [2.75, 3.05) is 6.61 Å². The van der Waals surface area contributed by atoms with Crippen LogP contribution in [0.2, 0.25) is 0 Å². The van der Waals surface area contributed by atoms with Gasteiger partial charge in [0.15, 0.2) is 0 Å². The molecule has 0 aliphatic rings. The van der Waals surface area contributed by atoms with Crippen LogP contribution in [0.1, 0.15) is 45.3 Å². The predicted molar refractivity (Wildman–Crippen MR) is 74.3 cm³/mol. The zero-order valence-electron chi connectivity index (χ0n) is 10.7. The van der Waals surface area contributed by atoms with Crippen LogP contribution < -0.4 is 4.74 Å². The minimum Gasteiger partial charge on any atom is -0.493 e. The molecule has 17 heavy (non-hydrogen) atoms. The van der Waals surface area contributed by atoms with Crippen LogP contribution >= 0.6 is 15.9 Å². The first-order valence-corrected chi connectivity index (χ1v) is 6.94. The van der Waals surface area contributed by atoms with Gasteiger partial charge in [-0.1, -0.05) is 43.1 Å². The summed E-state index contributed by atoms with van der Waals surface area (Å²) in [5.41, 5.74) is 0.910. The van der Waals surface area contributed by atoms with Crippen molar-refractivity contribution in [2.24, 2.45) is 5.92 Å². The van der Waals surface area contributed by atoms with Crippen LogP contribution in [-0.4, -0.2) is 11.7 Å². The molecule has 0 aliphatic carbocycles. The van der Waals surface area contributed by atoms with E-state index in [2.05, 4.69) is 36.7 Å². The molecule has 0 spiro atoms. The maximum Gasteiger partial charge on any atom is 0.119 e. The van der Waals surface area contributed by atoms with E-state index in [4.69, 9.17) is 4.74 Å². The van der Waals surface area contributed by atoms with Crippen LogP contribution in [0.3, 0.4) is 0 Å². The third-order valence-electron chi connectivity index (χ3n) is 2.47. The van der Waals surface area contributed by atoms with Crippen molar-refractivity contribution < 1.29 is 9.84 Å². The van der Waals surface area contributed by atoms with Crippen LogP contribution in [0, 0.1) is 5.92 Å². The summed E-state index contributed by atoms with van der Waals surface area (Å²) in [6.45, 7) is 7.00. The van der Waals surface area contributed by atoms with Gasteiger partial charge in [-0.05, 0) is 36.1 Å². The summed E-state index contributed by atoms with van der Waals surface area (Å²) in [7, 11) is 0. The van der Waals surface area contributed by atoms with E-state index in [-0.39, 0.29) is 0 Å². The van der Waals surface area contributed by atoms with Crippen molar-refractivity contribution in [2.45, 2.75) is 39.7 Å². The molecule has 1 unspecified atom stereocenters. The standard InChI is InChI=1S/C14H21BrO2/c1-4-5-14(16)12-8-11(6-7-13(12)15)17-9-10(2)3/h6-8,10,14,16H,4-5,9H2,1-3H3. The van der Waals surface area contributed by atoms with Gasteiger partial charge in [-0.25, -0.2) is 0 Å². The lowest BCUT2D eigenvalue weighted by Gasteiger charge is -2.15. The van der Waals surface area contributed by atoms with Crippen molar-refractivity contribution >= 4 is 15.9 Å². The molecule has 1 N–H and O–H groups in total. The maximum absolute atomic E-state index is 10.0. The minimum atomic E-state index is -0.419. The van der Waals surface area contributed by atoms with Gasteiger partial charge in [-0.3, -0.25) is 0 Å². The average Bonchev–Trinajstić information content (AvgIpc) is 2.28.